The van der Waals surface area contributed by atoms with Gasteiger partial charge in [-0.25, -0.2) is 0 Å². The molecular formula is C8H10ClNO2. The van der Waals surface area contributed by atoms with Gasteiger partial charge in [-0.2, -0.15) is 0 Å². The zero-order valence-corrected chi connectivity index (χ0v) is 7.12. The van der Waals surface area contributed by atoms with E-state index in [1.165, 1.54) is 6.07 Å². The number of aromatic hydroxyl groups is 1. The van der Waals surface area contributed by atoms with Crippen LogP contribution in [0.5, 0.6) is 5.75 Å². The van der Waals surface area contributed by atoms with Crippen molar-refractivity contribution in [2.45, 2.75) is 6.10 Å². The Bertz CT molecular complexity index is 258. The van der Waals surface area contributed by atoms with E-state index in [1.807, 2.05) is 0 Å². The molecule has 0 aromatic heterocycles. The largest absolute Gasteiger partial charge is 0.508 e. The summed E-state index contributed by atoms with van der Waals surface area (Å²) in [7, 11) is 0. The predicted octanol–water partition coefficient (Wildman–Crippen LogP) is 1.04. The second-order valence-electron chi connectivity index (χ2n) is 2.42. The molecule has 0 aliphatic rings. The Balaban J connectivity index is 3.12. The summed E-state index contributed by atoms with van der Waals surface area (Å²) >= 11 is 5.73. The first-order chi connectivity index (χ1) is 5.66. The van der Waals surface area contributed by atoms with E-state index in [0.29, 0.717) is 10.6 Å². The molecule has 1 rings (SSSR count). The number of aliphatic hydroxyl groups excluding tert-OH is 1. The minimum atomic E-state index is -0.904. The van der Waals surface area contributed by atoms with Crippen LogP contribution in [0, 0.1) is 0 Å². The molecule has 0 aliphatic carbocycles. The molecule has 1 atom stereocenters. The van der Waals surface area contributed by atoms with Gasteiger partial charge in [0.25, 0.3) is 0 Å². The van der Waals surface area contributed by atoms with Crippen molar-refractivity contribution in [3.63, 3.8) is 0 Å². The molecule has 3 nitrogen and oxygen atoms in total. The van der Waals surface area contributed by atoms with Crippen LogP contribution in [0.2, 0.25) is 5.02 Å². The van der Waals surface area contributed by atoms with Crippen molar-refractivity contribution in [3.05, 3.63) is 28.8 Å². The molecule has 0 spiro atoms. The second-order valence-corrected chi connectivity index (χ2v) is 2.83. The topological polar surface area (TPSA) is 66.5 Å². The fraction of sp³-hybridized carbons (Fsp3) is 0.250. The Kier molecular flexibility index (Phi) is 2.92. The van der Waals surface area contributed by atoms with Crippen LogP contribution in [0.1, 0.15) is 11.7 Å². The zero-order chi connectivity index (χ0) is 9.14. The fourth-order valence-electron chi connectivity index (χ4n) is 0.973. The standard InChI is InChI=1S/C8H10ClNO2/c9-5-2-1-3-6(11)8(5)7(12)4-10/h1-3,7,11-12H,4,10H2/t7-/m0/s1. The van der Waals surface area contributed by atoms with E-state index in [-0.39, 0.29) is 12.3 Å². The smallest absolute Gasteiger partial charge is 0.122 e. The lowest BCUT2D eigenvalue weighted by molar-refractivity contribution is 0.183. The van der Waals surface area contributed by atoms with E-state index in [1.54, 1.807) is 12.1 Å². The highest BCUT2D eigenvalue weighted by Gasteiger charge is 2.13. The molecule has 0 heterocycles. The highest BCUT2D eigenvalue weighted by molar-refractivity contribution is 6.31. The molecule has 0 bridgehead atoms. The van der Waals surface area contributed by atoms with Crippen LogP contribution in [0.25, 0.3) is 0 Å². The van der Waals surface area contributed by atoms with Crippen molar-refractivity contribution >= 4 is 11.6 Å². The van der Waals surface area contributed by atoms with Crippen LogP contribution in [-0.4, -0.2) is 16.8 Å². The summed E-state index contributed by atoms with van der Waals surface area (Å²) in [6.07, 6.45) is -0.904. The Morgan fingerprint density at radius 1 is 1.50 bits per heavy atom. The lowest BCUT2D eigenvalue weighted by Crippen LogP contribution is -2.12. The summed E-state index contributed by atoms with van der Waals surface area (Å²) in [6.45, 7) is 0.0390. The minimum Gasteiger partial charge on any atom is -0.508 e. The van der Waals surface area contributed by atoms with Gasteiger partial charge in [-0.05, 0) is 12.1 Å². The van der Waals surface area contributed by atoms with Gasteiger partial charge < -0.3 is 15.9 Å². The number of halogens is 1. The number of rotatable bonds is 2. The Labute approximate surface area is 75.4 Å². The number of phenolic OH excluding ortho intramolecular Hbond substituents is 1. The normalized spacial score (nSPS) is 12.9. The third-order valence-electron chi connectivity index (χ3n) is 1.59. The van der Waals surface area contributed by atoms with Crippen LogP contribution < -0.4 is 5.73 Å². The van der Waals surface area contributed by atoms with Crippen molar-refractivity contribution in [1.29, 1.82) is 0 Å². The lowest BCUT2D eigenvalue weighted by Gasteiger charge is -2.11. The van der Waals surface area contributed by atoms with Gasteiger partial charge in [-0.3, -0.25) is 0 Å². The van der Waals surface area contributed by atoms with Crippen LogP contribution in [0.4, 0.5) is 0 Å². The van der Waals surface area contributed by atoms with E-state index < -0.39 is 6.10 Å². The molecule has 0 aliphatic heterocycles. The van der Waals surface area contributed by atoms with Gasteiger partial charge in [0, 0.05) is 12.1 Å². The van der Waals surface area contributed by atoms with Crippen molar-refractivity contribution in [1.82, 2.24) is 0 Å². The van der Waals surface area contributed by atoms with Gasteiger partial charge in [0.05, 0.1) is 11.1 Å². The van der Waals surface area contributed by atoms with Crippen molar-refractivity contribution < 1.29 is 10.2 Å². The summed E-state index contributed by atoms with van der Waals surface area (Å²) in [6, 6.07) is 4.65. The molecule has 4 heteroatoms. The van der Waals surface area contributed by atoms with Crippen molar-refractivity contribution in [2.24, 2.45) is 5.73 Å². The highest BCUT2D eigenvalue weighted by Crippen LogP contribution is 2.30. The fourth-order valence-corrected chi connectivity index (χ4v) is 1.27. The number of nitrogens with two attached hydrogens (primary N) is 1. The summed E-state index contributed by atoms with van der Waals surface area (Å²) in [5.74, 6) is -0.0274. The predicted molar refractivity (Wildman–Crippen MR) is 47.1 cm³/mol. The third kappa shape index (κ3) is 1.69. The Morgan fingerprint density at radius 3 is 2.67 bits per heavy atom. The summed E-state index contributed by atoms with van der Waals surface area (Å²) in [5.41, 5.74) is 5.52. The number of hydrogen-bond donors (Lipinski definition) is 3. The highest BCUT2D eigenvalue weighted by atomic mass is 35.5. The molecule has 0 saturated carbocycles. The Morgan fingerprint density at radius 2 is 2.17 bits per heavy atom. The first-order valence-electron chi connectivity index (χ1n) is 3.52. The van der Waals surface area contributed by atoms with Crippen LogP contribution in [-0.2, 0) is 0 Å². The van der Waals surface area contributed by atoms with E-state index in [9.17, 15) is 10.2 Å². The average molecular weight is 188 g/mol. The SMILES string of the molecule is NC[C@H](O)c1c(O)cccc1Cl. The van der Waals surface area contributed by atoms with E-state index in [2.05, 4.69) is 0 Å². The number of benzene rings is 1. The molecule has 12 heavy (non-hydrogen) atoms. The zero-order valence-electron chi connectivity index (χ0n) is 6.37. The molecule has 0 amide bonds. The number of hydrogen-bond acceptors (Lipinski definition) is 3. The third-order valence-corrected chi connectivity index (χ3v) is 1.92. The van der Waals surface area contributed by atoms with Gasteiger partial charge in [0.2, 0.25) is 0 Å². The van der Waals surface area contributed by atoms with Gasteiger partial charge in [-0.15, -0.1) is 0 Å². The second kappa shape index (κ2) is 3.76. The van der Waals surface area contributed by atoms with Gasteiger partial charge in [0.1, 0.15) is 5.75 Å². The van der Waals surface area contributed by atoms with Crippen molar-refractivity contribution in [2.75, 3.05) is 6.54 Å². The maximum Gasteiger partial charge on any atom is 0.122 e. The lowest BCUT2D eigenvalue weighted by atomic mass is 10.1. The molecule has 0 unspecified atom stereocenters. The van der Waals surface area contributed by atoms with Crippen LogP contribution >= 0.6 is 11.6 Å². The summed E-state index contributed by atoms with van der Waals surface area (Å²) < 4.78 is 0. The molecule has 0 saturated heterocycles. The maximum atomic E-state index is 9.32. The van der Waals surface area contributed by atoms with E-state index >= 15 is 0 Å². The minimum absolute atomic E-state index is 0.0274. The van der Waals surface area contributed by atoms with Gasteiger partial charge in [-0.1, -0.05) is 17.7 Å². The van der Waals surface area contributed by atoms with E-state index in [4.69, 9.17) is 17.3 Å². The molecule has 0 radical (unpaired) electrons. The summed E-state index contributed by atoms with van der Waals surface area (Å²) in [5, 5.41) is 18.9. The molecule has 1 aromatic rings. The first-order valence-corrected chi connectivity index (χ1v) is 3.90. The average Bonchev–Trinajstić information content (AvgIpc) is 2.03. The number of phenols is 1. The van der Waals surface area contributed by atoms with Crippen molar-refractivity contribution in [3.8, 4) is 5.75 Å². The maximum absolute atomic E-state index is 9.32. The van der Waals surface area contributed by atoms with Crippen LogP contribution in [0.3, 0.4) is 0 Å². The number of aliphatic hydroxyl groups is 1. The van der Waals surface area contributed by atoms with E-state index in [0.717, 1.165) is 0 Å². The quantitative estimate of drug-likeness (QED) is 0.648. The Hall–Kier alpha value is -0.770. The summed E-state index contributed by atoms with van der Waals surface area (Å²) in [4.78, 5) is 0. The van der Waals surface area contributed by atoms with Gasteiger partial charge in [0.15, 0.2) is 0 Å². The van der Waals surface area contributed by atoms with Crippen LogP contribution in [0.15, 0.2) is 18.2 Å². The molecular weight excluding hydrogens is 178 g/mol. The monoisotopic (exact) mass is 187 g/mol. The first kappa shape index (κ1) is 9.32. The molecule has 4 N–H and O–H groups in total. The molecule has 0 fully saturated rings. The molecule has 1 aromatic carbocycles. The van der Waals surface area contributed by atoms with Gasteiger partial charge >= 0.3 is 0 Å². The molecule has 66 valence electrons.